The van der Waals surface area contributed by atoms with E-state index >= 15 is 26.3 Å². The number of hydrogen-bond donors (Lipinski definition) is 0. The molecule has 0 aromatic heterocycles. The van der Waals surface area contributed by atoms with Crippen LogP contribution < -0.4 is 0 Å². The Kier molecular flexibility index (Phi) is 11.4. The van der Waals surface area contributed by atoms with E-state index in [4.69, 9.17) is 11.6 Å². The number of isothiocyanates is 1. The predicted molar refractivity (Wildman–Crippen MR) is 186 cm³/mol. The molecule has 0 bridgehead atoms. The lowest BCUT2D eigenvalue weighted by Gasteiger charge is -2.26. The number of unbranched alkanes of at least 4 members (excludes halogenated alkanes) is 1. The Morgan fingerprint density at radius 1 is 0.878 bits per heavy atom. The Morgan fingerprint density at radius 2 is 1.55 bits per heavy atom. The van der Waals surface area contributed by atoms with Gasteiger partial charge in [-0.2, -0.15) is 4.99 Å². The van der Waals surface area contributed by atoms with Crippen molar-refractivity contribution in [1.29, 1.82) is 0 Å². The zero-order valence-electron chi connectivity index (χ0n) is 27.1. The van der Waals surface area contributed by atoms with Crippen LogP contribution >= 0.6 is 23.8 Å². The number of nitrogens with zero attached hydrogens (tertiary/aromatic N) is 1. The fraction of sp³-hybridized carbons (Fsp3) is 0.325. The van der Waals surface area contributed by atoms with Gasteiger partial charge in [-0.3, -0.25) is 0 Å². The van der Waals surface area contributed by atoms with Crippen LogP contribution in [0.25, 0.3) is 0 Å². The number of fused-ring (bicyclic) bond motifs is 1. The lowest BCUT2D eigenvalue weighted by atomic mass is 9.79. The van der Waals surface area contributed by atoms with Gasteiger partial charge in [0.2, 0.25) is 0 Å². The molecule has 5 rings (SSSR count). The van der Waals surface area contributed by atoms with Crippen LogP contribution in [0.1, 0.15) is 82.7 Å². The van der Waals surface area contributed by atoms with Gasteiger partial charge < -0.3 is 0 Å². The van der Waals surface area contributed by atoms with Gasteiger partial charge in [0.05, 0.1) is 21.4 Å². The lowest BCUT2D eigenvalue weighted by Crippen LogP contribution is -2.21. The van der Waals surface area contributed by atoms with Crippen molar-refractivity contribution in [1.82, 2.24) is 0 Å². The van der Waals surface area contributed by atoms with Gasteiger partial charge in [-0.05, 0) is 102 Å². The van der Waals surface area contributed by atoms with Gasteiger partial charge in [0.1, 0.15) is 11.6 Å². The first-order valence-electron chi connectivity index (χ1n) is 16.2. The molecular formula is C40H34ClF6NS. The van der Waals surface area contributed by atoms with Gasteiger partial charge in [-0.25, -0.2) is 26.3 Å². The van der Waals surface area contributed by atoms with Crippen LogP contribution in [0.4, 0.5) is 32.0 Å². The number of alkyl halides is 4. The third kappa shape index (κ3) is 8.65. The van der Waals surface area contributed by atoms with Gasteiger partial charge in [0.25, 0.3) is 11.8 Å². The minimum Gasteiger partial charge on any atom is -0.206 e. The fourth-order valence-electron chi connectivity index (χ4n) is 6.49. The van der Waals surface area contributed by atoms with Crippen molar-refractivity contribution >= 4 is 34.7 Å². The summed E-state index contributed by atoms with van der Waals surface area (Å²) in [5.74, 6) is -3.80. The molecule has 1 unspecified atom stereocenters. The molecule has 49 heavy (non-hydrogen) atoms. The van der Waals surface area contributed by atoms with E-state index in [1.54, 1.807) is 0 Å². The SMILES string of the molecule is CCCCC1CCc2c(ccc(C#Cc3cc(F)c(C(F)(F)Cc4ccc(C(F)(F)Cc5ccc(N=C=S)c(Cl)c5)cc4)c(F)c3)c2C)C1. The average molecular weight is 710 g/mol. The van der Waals surface area contributed by atoms with Gasteiger partial charge >= 0.3 is 0 Å². The van der Waals surface area contributed by atoms with Gasteiger partial charge in [-0.15, -0.1) is 0 Å². The molecule has 1 aliphatic carbocycles. The van der Waals surface area contributed by atoms with E-state index in [0.29, 0.717) is 11.6 Å². The first-order chi connectivity index (χ1) is 23.3. The highest BCUT2D eigenvalue weighted by Crippen LogP contribution is 2.38. The second-order valence-electron chi connectivity index (χ2n) is 12.6. The summed E-state index contributed by atoms with van der Waals surface area (Å²) in [6.45, 7) is 4.18. The second kappa shape index (κ2) is 15.3. The highest BCUT2D eigenvalue weighted by molar-refractivity contribution is 7.78. The van der Waals surface area contributed by atoms with Crippen LogP contribution in [0.2, 0.25) is 5.02 Å². The molecule has 0 aliphatic heterocycles. The molecule has 0 saturated carbocycles. The van der Waals surface area contributed by atoms with Gasteiger partial charge in [0.15, 0.2) is 0 Å². The number of aliphatic imine (C=N–C) groups is 1. The standard InChI is InChI=1S/C40H34ClF6NS/c1-3-4-5-26-9-16-33-25(2)30(12-13-31(33)18-26)11-6-28-20-35(42)38(36(43)21-28)40(46,47)22-27-7-14-32(15-8-27)39(44,45)23-29-10-17-37(48-24-49)34(41)19-29/h7-8,10,12-15,17,19-21,26H,3-5,9,16,18,22-23H2,1-2H3. The lowest BCUT2D eigenvalue weighted by molar-refractivity contribution is -0.0111. The summed E-state index contributed by atoms with van der Waals surface area (Å²) in [6, 6.07) is 14.0. The number of halogens is 7. The van der Waals surface area contributed by atoms with Crippen LogP contribution in [-0.4, -0.2) is 5.16 Å². The minimum absolute atomic E-state index is 0.0692. The van der Waals surface area contributed by atoms with Crippen molar-refractivity contribution in [2.24, 2.45) is 10.9 Å². The molecule has 1 aliphatic rings. The molecule has 254 valence electrons. The van der Waals surface area contributed by atoms with E-state index in [1.165, 1.54) is 48.6 Å². The first kappa shape index (κ1) is 36.4. The number of rotatable bonds is 10. The average Bonchev–Trinajstić information content (AvgIpc) is 3.04. The maximum atomic E-state index is 15.3. The van der Waals surface area contributed by atoms with Crippen molar-refractivity contribution in [3.8, 4) is 11.8 Å². The maximum absolute atomic E-state index is 15.3. The minimum atomic E-state index is -3.96. The molecule has 9 heteroatoms. The second-order valence-corrected chi connectivity index (χ2v) is 13.2. The van der Waals surface area contributed by atoms with Crippen molar-refractivity contribution in [2.45, 2.75) is 77.1 Å². The number of thiocarbonyl (C=S) groups is 1. The van der Waals surface area contributed by atoms with Crippen molar-refractivity contribution in [3.05, 3.63) is 133 Å². The van der Waals surface area contributed by atoms with Crippen molar-refractivity contribution < 1.29 is 26.3 Å². The summed E-state index contributed by atoms with van der Waals surface area (Å²) in [5, 5.41) is 2.29. The Balaban J connectivity index is 1.28. The monoisotopic (exact) mass is 709 g/mol. The third-order valence-electron chi connectivity index (χ3n) is 9.13. The van der Waals surface area contributed by atoms with E-state index in [1.807, 2.05) is 13.0 Å². The highest BCUT2D eigenvalue weighted by Gasteiger charge is 2.39. The summed E-state index contributed by atoms with van der Waals surface area (Å²) >= 11 is 10.6. The number of benzene rings is 4. The molecule has 0 spiro atoms. The molecule has 0 N–H and O–H groups in total. The summed E-state index contributed by atoms with van der Waals surface area (Å²) in [6.07, 6.45) is 4.91. The molecule has 0 heterocycles. The van der Waals surface area contributed by atoms with Crippen molar-refractivity contribution in [3.63, 3.8) is 0 Å². The molecule has 0 amide bonds. The van der Waals surface area contributed by atoms with Gasteiger partial charge in [0, 0.05) is 29.5 Å². The Morgan fingerprint density at radius 3 is 2.20 bits per heavy atom. The van der Waals surface area contributed by atoms with Crippen LogP contribution in [0.15, 0.2) is 71.7 Å². The van der Waals surface area contributed by atoms with Gasteiger partial charge in [-0.1, -0.05) is 86.0 Å². The molecule has 0 fully saturated rings. The topological polar surface area (TPSA) is 12.4 Å². The van der Waals surface area contributed by atoms with Crippen LogP contribution in [-0.2, 0) is 37.5 Å². The Labute approximate surface area is 293 Å². The molecular weight excluding hydrogens is 676 g/mol. The normalized spacial score (nSPS) is 14.4. The van der Waals surface area contributed by atoms with Crippen LogP contribution in [0.3, 0.4) is 0 Å². The smallest absolute Gasteiger partial charge is 0.206 e. The van der Waals surface area contributed by atoms with E-state index in [2.05, 4.69) is 47.2 Å². The van der Waals surface area contributed by atoms with Crippen LogP contribution in [0.5, 0.6) is 0 Å². The fourth-order valence-corrected chi connectivity index (χ4v) is 6.84. The van der Waals surface area contributed by atoms with E-state index in [9.17, 15) is 0 Å². The molecule has 0 saturated heterocycles. The Bertz CT molecular complexity index is 1930. The quantitative estimate of drug-likeness (QED) is 0.0691. The molecule has 4 aromatic carbocycles. The van der Waals surface area contributed by atoms with Crippen LogP contribution in [0, 0.1) is 36.3 Å². The maximum Gasteiger partial charge on any atom is 0.282 e. The predicted octanol–water partition coefficient (Wildman–Crippen LogP) is 12.0. The van der Waals surface area contributed by atoms with Crippen molar-refractivity contribution in [2.75, 3.05) is 0 Å². The highest BCUT2D eigenvalue weighted by atomic mass is 35.5. The van der Waals surface area contributed by atoms with E-state index in [0.717, 1.165) is 66.8 Å². The molecule has 0 radical (unpaired) electrons. The summed E-state index contributed by atoms with van der Waals surface area (Å²) in [4.78, 5) is 3.75. The number of hydrogen-bond acceptors (Lipinski definition) is 2. The summed E-state index contributed by atoms with van der Waals surface area (Å²) in [7, 11) is 0. The summed E-state index contributed by atoms with van der Waals surface area (Å²) in [5.41, 5.74) is 2.90. The zero-order valence-corrected chi connectivity index (χ0v) is 28.7. The largest absolute Gasteiger partial charge is 0.282 e. The zero-order chi connectivity index (χ0) is 35.3. The molecule has 1 nitrogen and oxygen atoms in total. The third-order valence-corrected chi connectivity index (χ3v) is 9.52. The Hall–Kier alpha value is -3.89. The first-order valence-corrected chi connectivity index (χ1v) is 16.9. The summed E-state index contributed by atoms with van der Waals surface area (Å²) < 4.78 is 90.9. The van der Waals surface area contributed by atoms with E-state index in [-0.39, 0.29) is 21.7 Å². The van der Waals surface area contributed by atoms with E-state index < -0.39 is 47.4 Å². The molecule has 4 aromatic rings. The molecule has 1 atom stereocenters.